The van der Waals surface area contributed by atoms with Crippen molar-refractivity contribution in [3.63, 3.8) is 0 Å². The predicted octanol–water partition coefficient (Wildman–Crippen LogP) is 3.45. The Kier molecular flexibility index (Phi) is 5.21. The molecule has 0 bridgehead atoms. The first-order valence-corrected chi connectivity index (χ1v) is 9.44. The van der Waals surface area contributed by atoms with Gasteiger partial charge in [-0.2, -0.15) is 0 Å². The number of hydrogen-bond acceptors (Lipinski definition) is 3. The molecule has 0 spiro atoms. The van der Waals surface area contributed by atoms with Crippen LogP contribution in [0.2, 0.25) is 0 Å². The van der Waals surface area contributed by atoms with Gasteiger partial charge in [-0.3, -0.25) is 4.79 Å². The van der Waals surface area contributed by atoms with Crippen molar-refractivity contribution in [1.82, 2.24) is 4.90 Å². The van der Waals surface area contributed by atoms with Crippen molar-refractivity contribution in [1.29, 1.82) is 0 Å². The van der Waals surface area contributed by atoms with E-state index in [0.29, 0.717) is 13.2 Å². The molecule has 1 saturated heterocycles. The van der Waals surface area contributed by atoms with E-state index in [-0.39, 0.29) is 17.9 Å². The molecule has 2 aromatic rings. The second kappa shape index (κ2) is 7.92. The quantitative estimate of drug-likeness (QED) is 0.847. The third-order valence-corrected chi connectivity index (χ3v) is 5.31. The molecule has 0 aliphatic carbocycles. The van der Waals surface area contributed by atoms with Crippen LogP contribution in [0.4, 0.5) is 0 Å². The maximum absolute atomic E-state index is 12.9. The molecule has 2 aromatic carbocycles. The highest BCUT2D eigenvalue weighted by atomic mass is 16.5. The summed E-state index contributed by atoms with van der Waals surface area (Å²) >= 11 is 0. The molecule has 0 N–H and O–H groups in total. The number of fused-ring (bicyclic) bond motifs is 1. The van der Waals surface area contributed by atoms with Gasteiger partial charge < -0.3 is 14.4 Å². The van der Waals surface area contributed by atoms with E-state index in [1.54, 1.807) is 0 Å². The number of amides is 1. The van der Waals surface area contributed by atoms with Gasteiger partial charge in [0.2, 0.25) is 5.91 Å². The molecular weight excluding hydrogens is 326 g/mol. The summed E-state index contributed by atoms with van der Waals surface area (Å²) in [5.41, 5.74) is 2.34. The van der Waals surface area contributed by atoms with Gasteiger partial charge >= 0.3 is 0 Å². The molecule has 0 radical (unpaired) electrons. The molecule has 1 amide bonds. The van der Waals surface area contributed by atoms with Crippen molar-refractivity contribution in [3.05, 3.63) is 65.7 Å². The summed E-state index contributed by atoms with van der Waals surface area (Å²) in [5.74, 6) is 1.08. The minimum atomic E-state index is -0.0633. The zero-order valence-corrected chi connectivity index (χ0v) is 15.0. The number of carbonyl (C=O) groups is 1. The fourth-order valence-corrected chi connectivity index (χ4v) is 3.78. The van der Waals surface area contributed by atoms with Crippen LogP contribution in [-0.4, -0.2) is 36.6 Å². The molecule has 1 fully saturated rings. The lowest BCUT2D eigenvalue weighted by molar-refractivity contribution is -0.139. The summed E-state index contributed by atoms with van der Waals surface area (Å²) in [6.45, 7) is 2.68. The maximum Gasteiger partial charge on any atom is 0.229 e. The van der Waals surface area contributed by atoms with Crippen molar-refractivity contribution in [2.24, 2.45) is 5.92 Å². The number of likely N-dealkylation sites (tertiary alicyclic amines) is 1. The highest BCUT2D eigenvalue weighted by Crippen LogP contribution is 2.28. The normalized spacial score (nSPS) is 20.3. The number of carbonyl (C=O) groups excluding carboxylic acids is 1. The average Bonchev–Trinajstić information content (AvgIpc) is 2.72. The second-order valence-corrected chi connectivity index (χ2v) is 7.14. The topological polar surface area (TPSA) is 38.8 Å². The zero-order chi connectivity index (χ0) is 17.8. The van der Waals surface area contributed by atoms with Gasteiger partial charge in [-0.05, 0) is 36.5 Å². The van der Waals surface area contributed by atoms with Crippen LogP contribution in [-0.2, 0) is 22.6 Å². The Bertz CT molecular complexity index is 738. The van der Waals surface area contributed by atoms with Gasteiger partial charge in [0, 0.05) is 13.1 Å². The van der Waals surface area contributed by atoms with E-state index in [1.807, 2.05) is 41.3 Å². The molecule has 0 saturated carbocycles. The van der Waals surface area contributed by atoms with Crippen LogP contribution in [0.25, 0.3) is 0 Å². The van der Waals surface area contributed by atoms with E-state index in [1.165, 1.54) is 5.56 Å². The predicted molar refractivity (Wildman–Crippen MR) is 100.0 cm³/mol. The van der Waals surface area contributed by atoms with Crippen molar-refractivity contribution in [2.75, 3.05) is 19.7 Å². The minimum absolute atomic E-state index is 0.0633. The van der Waals surface area contributed by atoms with Crippen LogP contribution < -0.4 is 4.74 Å². The Morgan fingerprint density at radius 3 is 2.58 bits per heavy atom. The number of para-hydroxylation sites is 1. The van der Waals surface area contributed by atoms with Crippen LogP contribution in [0, 0.1) is 5.92 Å². The molecule has 4 heteroatoms. The van der Waals surface area contributed by atoms with E-state index in [9.17, 15) is 4.79 Å². The van der Waals surface area contributed by atoms with Crippen molar-refractivity contribution in [2.45, 2.75) is 32.0 Å². The number of rotatable bonds is 4. The summed E-state index contributed by atoms with van der Waals surface area (Å²) in [4.78, 5) is 14.8. The van der Waals surface area contributed by atoms with E-state index in [2.05, 4.69) is 18.2 Å². The molecule has 2 aliphatic heterocycles. The SMILES string of the molecule is O=C([C@H]1COc2ccccc2C1)N1CCC(OCc2ccccc2)CC1. The number of benzene rings is 2. The lowest BCUT2D eigenvalue weighted by Crippen LogP contribution is -2.46. The van der Waals surface area contributed by atoms with Crippen LogP contribution in [0.3, 0.4) is 0 Å². The molecule has 26 heavy (non-hydrogen) atoms. The molecule has 4 nitrogen and oxygen atoms in total. The smallest absolute Gasteiger partial charge is 0.229 e. The van der Waals surface area contributed by atoms with E-state index in [0.717, 1.165) is 43.7 Å². The molecule has 2 heterocycles. The number of ether oxygens (including phenoxy) is 2. The monoisotopic (exact) mass is 351 g/mol. The maximum atomic E-state index is 12.9. The van der Waals surface area contributed by atoms with E-state index < -0.39 is 0 Å². The molecule has 0 unspecified atom stereocenters. The molecule has 4 rings (SSSR count). The Hall–Kier alpha value is -2.33. The number of piperidine rings is 1. The lowest BCUT2D eigenvalue weighted by Gasteiger charge is -2.35. The van der Waals surface area contributed by atoms with Crippen LogP contribution in [0.1, 0.15) is 24.0 Å². The molecule has 2 aliphatic rings. The van der Waals surface area contributed by atoms with Gasteiger partial charge in [0.15, 0.2) is 0 Å². The van der Waals surface area contributed by atoms with Gasteiger partial charge in [-0.15, -0.1) is 0 Å². The Morgan fingerprint density at radius 2 is 1.77 bits per heavy atom. The largest absolute Gasteiger partial charge is 0.492 e. The zero-order valence-electron chi connectivity index (χ0n) is 15.0. The van der Waals surface area contributed by atoms with Gasteiger partial charge in [0.25, 0.3) is 0 Å². The fraction of sp³-hybridized carbons (Fsp3) is 0.409. The summed E-state index contributed by atoms with van der Waals surface area (Å²) in [6, 6.07) is 18.3. The number of hydrogen-bond donors (Lipinski definition) is 0. The first-order chi connectivity index (χ1) is 12.8. The third kappa shape index (κ3) is 3.91. The first kappa shape index (κ1) is 17.1. The van der Waals surface area contributed by atoms with Gasteiger partial charge in [-0.1, -0.05) is 48.5 Å². The Balaban J connectivity index is 1.26. The third-order valence-electron chi connectivity index (χ3n) is 5.31. The summed E-state index contributed by atoms with van der Waals surface area (Å²) in [7, 11) is 0. The minimum Gasteiger partial charge on any atom is -0.492 e. The molecule has 136 valence electrons. The Labute approximate surface area is 154 Å². The molecular formula is C22H25NO3. The van der Waals surface area contributed by atoms with Crippen molar-refractivity contribution < 1.29 is 14.3 Å². The van der Waals surface area contributed by atoms with Crippen LogP contribution in [0.15, 0.2) is 54.6 Å². The first-order valence-electron chi connectivity index (χ1n) is 9.44. The molecule has 0 aromatic heterocycles. The highest BCUT2D eigenvalue weighted by molar-refractivity contribution is 5.80. The van der Waals surface area contributed by atoms with Gasteiger partial charge in [0.05, 0.1) is 18.6 Å². The van der Waals surface area contributed by atoms with Gasteiger partial charge in [0.1, 0.15) is 12.4 Å². The summed E-state index contributed by atoms with van der Waals surface area (Å²) < 4.78 is 11.8. The fourth-order valence-electron chi connectivity index (χ4n) is 3.78. The van der Waals surface area contributed by atoms with Crippen LogP contribution in [0.5, 0.6) is 5.75 Å². The van der Waals surface area contributed by atoms with Gasteiger partial charge in [-0.25, -0.2) is 0 Å². The van der Waals surface area contributed by atoms with E-state index >= 15 is 0 Å². The lowest BCUT2D eigenvalue weighted by atomic mass is 9.94. The average molecular weight is 351 g/mol. The highest BCUT2D eigenvalue weighted by Gasteiger charge is 2.31. The second-order valence-electron chi connectivity index (χ2n) is 7.14. The van der Waals surface area contributed by atoms with Crippen LogP contribution >= 0.6 is 0 Å². The standard InChI is InChI=1S/C22H25NO3/c24-22(19-14-18-8-4-5-9-21(18)26-16-19)23-12-10-20(11-13-23)25-15-17-6-2-1-3-7-17/h1-9,19-20H,10-16H2/t19-/m1/s1. The summed E-state index contributed by atoms with van der Waals surface area (Å²) in [5, 5.41) is 0. The van der Waals surface area contributed by atoms with Crippen molar-refractivity contribution >= 4 is 5.91 Å². The van der Waals surface area contributed by atoms with Crippen molar-refractivity contribution in [3.8, 4) is 5.75 Å². The molecule has 1 atom stereocenters. The summed E-state index contributed by atoms with van der Waals surface area (Å²) in [6.07, 6.45) is 2.83. The number of nitrogens with zero attached hydrogens (tertiary/aromatic N) is 1. The Morgan fingerprint density at radius 1 is 1.04 bits per heavy atom. The van der Waals surface area contributed by atoms with E-state index in [4.69, 9.17) is 9.47 Å².